The molecule has 0 spiro atoms. The minimum Gasteiger partial charge on any atom is -0.479 e. The molecular weight excluding hydrogens is 116 g/mol. The predicted molar refractivity (Wildman–Crippen MR) is 22.1 cm³/mol. The highest BCUT2D eigenvalue weighted by Crippen LogP contribution is 1.84. The SMILES string of the molecule is O=C(O)C=C(O)OO. The molecule has 0 unspecified atom stereocenters. The van der Waals surface area contributed by atoms with Gasteiger partial charge in [0.15, 0.2) is 0 Å². The fourth-order valence-electron chi connectivity index (χ4n) is 0.132. The van der Waals surface area contributed by atoms with E-state index in [2.05, 4.69) is 4.89 Å². The first-order valence-electron chi connectivity index (χ1n) is 1.62. The molecule has 8 heavy (non-hydrogen) atoms. The highest BCUT2D eigenvalue weighted by atomic mass is 17.1. The van der Waals surface area contributed by atoms with Gasteiger partial charge in [-0.25, -0.2) is 4.79 Å². The minimum absolute atomic E-state index is 0.306. The van der Waals surface area contributed by atoms with E-state index in [-0.39, 0.29) is 0 Å². The summed E-state index contributed by atoms with van der Waals surface area (Å²) >= 11 is 0. The molecule has 0 fully saturated rings. The topological polar surface area (TPSA) is 87.0 Å². The van der Waals surface area contributed by atoms with Gasteiger partial charge in [-0.15, -0.1) is 0 Å². The molecule has 46 valence electrons. The summed E-state index contributed by atoms with van der Waals surface area (Å²) in [6, 6.07) is 0. The Balaban J connectivity index is 3.75. The van der Waals surface area contributed by atoms with E-state index >= 15 is 0 Å². The molecule has 0 aliphatic heterocycles. The third-order valence-electron chi connectivity index (χ3n) is 0.340. The van der Waals surface area contributed by atoms with Gasteiger partial charge in [0.2, 0.25) is 0 Å². The van der Waals surface area contributed by atoms with Gasteiger partial charge < -0.3 is 15.1 Å². The van der Waals surface area contributed by atoms with Crippen molar-refractivity contribution in [3.63, 3.8) is 0 Å². The summed E-state index contributed by atoms with van der Waals surface area (Å²) < 4.78 is 0. The van der Waals surface area contributed by atoms with Crippen LogP contribution in [0.25, 0.3) is 0 Å². The lowest BCUT2D eigenvalue weighted by molar-refractivity contribution is -0.235. The number of aliphatic carboxylic acids is 1. The second-order valence-electron chi connectivity index (χ2n) is 0.912. The fraction of sp³-hybridized carbons (Fsp3) is 0. The predicted octanol–water partition coefficient (Wildman–Crippen LogP) is -0.0400. The Labute approximate surface area is 44.4 Å². The van der Waals surface area contributed by atoms with Gasteiger partial charge in [-0.2, -0.15) is 5.26 Å². The molecule has 0 radical (unpaired) electrons. The summed E-state index contributed by atoms with van der Waals surface area (Å²) in [6.45, 7) is 0. The van der Waals surface area contributed by atoms with Crippen molar-refractivity contribution in [3.8, 4) is 0 Å². The van der Waals surface area contributed by atoms with E-state index in [0.717, 1.165) is 0 Å². The van der Waals surface area contributed by atoms with Crippen LogP contribution in [-0.4, -0.2) is 21.4 Å². The summed E-state index contributed by atoms with van der Waals surface area (Å²) in [4.78, 5) is 12.6. The zero-order chi connectivity index (χ0) is 6.57. The number of carboxylic acid groups (broad SMARTS) is 1. The number of hydrogen-bond acceptors (Lipinski definition) is 4. The summed E-state index contributed by atoms with van der Waals surface area (Å²) in [5.74, 6) is -2.44. The smallest absolute Gasteiger partial charge is 0.335 e. The molecule has 0 heterocycles. The van der Waals surface area contributed by atoms with Gasteiger partial charge in [0.05, 0.1) is 0 Å². The minimum atomic E-state index is -1.39. The van der Waals surface area contributed by atoms with E-state index < -0.39 is 11.9 Å². The summed E-state index contributed by atoms with van der Waals surface area (Å²) in [7, 11) is 0. The Hall–Kier alpha value is -1.23. The molecule has 0 aromatic heterocycles. The van der Waals surface area contributed by atoms with E-state index in [1.165, 1.54) is 0 Å². The maximum absolute atomic E-state index is 9.54. The molecule has 0 bridgehead atoms. The van der Waals surface area contributed by atoms with Crippen LogP contribution in [-0.2, 0) is 9.68 Å². The lowest BCUT2D eigenvalue weighted by Crippen LogP contribution is -1.92. The van der Waals surface area contributed by atoms with Crippen LogP contribution in [0.3, 0.4) is 0 Å². The largest absolute Gasteiger partial charge is 0.479 e. The van der Waals surface area contributed by atoms with Crippen LogP contribution in [0.1, 0.15) is 0 Å². The molecule has 0 aromatic rings. The fourth-order valence-corrected chi connectivity index (χ4v) is 0.132. The van der Waals surface area contributed by atoms with E-state index in [1.807, 2.05) is 0 Å². The van der Waals surface area contributed by atoms with Crippen molar-refractivity contribution in [2.45, 2.75) is 0 Å². The van der Waals surface area contributed by atoms with Crippen LogP contribution in [0.5, 0.6) is 0 Å². The Morgan fingerprint density at radius 3 is 2.12 bits per heavy atom. The molecule has 0 aliphatic rings. The standard InChI is InChI=1S/C3H4O5/c4-2(5)1-3(6)8-7/h1,6-7H,(H,4,5). The number of aliphatic hydroxyl groups is 1. The quantitative estimate of drug-likeness (QED) is 0.206. The van der Waals surface area contributed by atoms with Crippen molar-refractivity contribution in [3.05, 3.63) is 12.0 Å². The van der Waals surface area contributed by atoms with Gasteiger partial charge in [-0.1, -0.05) is 0 Å². The van der Waals surface area contributed by atoms with Gasteiger partial charge in [0.25, 0.3) is 0 Å². The van der Waals surface area contributed by atoms with Crippen molar-refractivity contribution in [2.24, 2.45) is 0 Å². The second kappa shape index (κ2) is 2.86. The number of hydrogen-bond donors (Lipinski definition) is 3. The molecular formula is C3H4O5. The van der Waals surface area contributed by atoms with Crippen molar-refractivity contribution in [1.82, 2.24) is 0 Å². The first-order chi connectivity index (χ1) is 3.66. The van der Waals surface area contributed by atoms with Gasteiger partial charge in [0, 0.05) is 0 Å². The zero-order valence-corrected chi connectivity index (χ0v) is 3.74. The van der Waals surface area contributed by atoms with Crippen LogP contribution in [0.2, 0.25) is 0 Å². The Kier molecular flexibility index (Phi) is 2.42. The zero-order valence-electron chi connectivity index (χ0n) is 3.74. The molecule has 0 saturated heterocycles. The van der Waals surface area contributed by atoms with Gasteiger partial charge in [0.1, 0.15) is 6.08 Å². The van der Waals surface area contributed by atoms with E-state index in [4.69, 9.17) is 15.5 Å². The van der Waals surface area contributed by atoms with Crippen LogP contribution < -0.4 is 0 Å². The lowest BCUT2D eigenvalue weighted by Gasteiger charge is -1.87. The van der Waals surface area contributed by atoms with Crippen molar-refractivity contribution in [1.29, 1.82) is 0 Å². The molecule has 0 atom stereocenters. The first kappa shape index (κ1) is 6.77. The normalized spacial score (nSPS) is 10.9. The maximum Gasteiger partial charge on any atom is 0.335 e. The molecule has 0 saturated carbocycles. The lowest BCUT2D eigenvalue weighted by atomic mass is 10.6. The van der Waals surface area contributed by atoms with Gasteiger partial charge in [-0.05, 0) is 0 Å². The van der Waals surface area contributed by atoms with Crippen LogP contribution in [0.4, 0.5) is 0 Å². The third-order valence-corrected chi connectivity index (χ3v) is 0.340. The summed E-state index contributed by atoms with van der Waals surface area (Å²) in [6.07, 6.45) is 0.306. The second-order valence-corrected chi connectivity index (χ2v) is 0.912. The Bertz CT molecular complexity index is 115. The van der Waals surface area contributed by atoms with Crippen LogP contribution >= 0.6 is 0 Å². The Morgan fingerprint density at radius 2 is 2.00 bits per heavy atom. The van der Waals surface area contributed by atoms with E-state index in [0.29, 0.717) is 6.08 Å². The highest BCUT2D eigenvalue weighted by molar-refractivity contribution is 5.79. The highest BCUT2D eigenvalue weighted by Gasteiger charge is 1.94. The Morgan fingerprint density at radius 1 is 1.50 bits per heavy atom. The average Bonchev–Trinajstić information content (AvgIpc) is 1.65. The number of aliphatic hydroxyl groups excluding tert-OH is 1. The van der Waals surface area contributed by atoms with E-state index in [1.54, 1.807) is 0 Å². The molecule has 0 aliphatic carbocycles. The molecule has 3 N–H and O–H groups in total. The molecule has 5 nitrogen and oxygen atoms in total. The average molecular weight is 120 g/mol. The number of carboxylic acids is 1. The monoisotopic (exact) mass is 120 g/mol. The van der Waals surface area contributed by atoms with Gasteiger partial charge in [-0.3, -0.25) is 0 Å². The van der Waals surface area contributed by atoms with Crippen molar-refractivity contribution < 1.29 is 25.2 Å². The number of carbonyl (C=O) groups is 1. The summed E-state index contributed by atoms with van der Waals surface area (Å²) in [5.41, 5.74) is 0. The van der Waals surface area contributed by atoms with Gasteiger partial charge >= 0.3 is 11.9 Å². The molecule has 0 amide bonds. The summed E-state index contributed by atoms with van der Waals surface area (Å²) in [5, 5.41) is 23.3. The molecule has 0 rings (SSSR count). The third kappa shape index (κ3) is 2.98. The molecule has 0 aromatic carbocycles. The van der Waals surface area contributed by atoms with Crippen molar-refractivity contribution >= 4 is 5.97 Å². The van der Waals surface area contributed by atoms with Crippen LogP contribution in [0.15, 0.2) is 12.0 Å². The maximum atomic E-state index is 9.54. The van der Waals surface area contributed by atoms with E-state index in [9.17, 15) is 4.79 Å². The first-order valence-corrected chi connectivity index (χ1v) is 1.62. The van der Waals surface area contributed by atoms with Crippen molar-refractivity contribution in [2.75, 3.05) is 0 Å². The number of rotatable bonds is 2. The van der Waals surface area contributed by atoms with Crippen LogP contribution in [0, 0.1) is 0 Å². The molecule has 5 heteroatoms.